The summed E-state index contributed by atoms with van der Waals surface area (Å²) in [4.78, 5) is 12.5. The molecule has 0 spiro atoms. The third-order valence-corrected chi connectivity index (χ3v) is 7.43. The van der Waals surface area contributed by atoms with E-state index in [9.17, 15) is 13.2 Å². The smallest absolute Gasteiger partial charge is 0.223 e. The molecule has 23 heavy (non-hydrogen) atoms. The van der Waals surface area contributed by atoms with Crippen LogP contribution >= 0.6 is 0 Å². The molecule has 126 valence electrons. The Bertz CT molecular complexity index is 770. The fraction of sp³-hybridized carbons (Fsp3) is 0.611. The minimum Gasteiger partial charge on any atom is -0.369 e. The van der Waals surface area contributed by atoms with E-state index in [4.69, 9.17) is 5.73 Å². The highest BCUT2D eigenvalue weighted by Gasteiger charge is 2.54. The van der Waals surface area contributed by atoms with Gasteiger partial charge in [-0.3, -0.25) is 4.79 Å². The molecular weight excluding hydrogens is 310 g/mol. The van der Waals surface area contributed by atoms with Crippen molar-refractivity contribution < 1.29 is 13.2 Å². The predicted molar refractivity (Wildman–Crippen MR) is 89.9 cm³/mol. The van der Waals surface area contributed by atoms with Crippen molar-refractivity contribution in [2.45, 2.75) is 56.3 Å². The maximum Gasteiger partial charge on any atom is 0.223 e. The lowest BCUT2D eigenvalue weighted by Crippen LogP contribution is -2.54. The number of sulfone groups is 1. The lowest BCUT2D eigenvalue weighted by molar-refractivity contribution is -0.135. The van der Waals surface area contributed by atoms with Gasteiger partial charge in [-0.2, -0.15) is 0 Å². The summed E-state index contributed by atoms with van der Waals surface area (Å²) in [6.07, 6.45) is 5.77. The number of rotatable bonds is 2. The molecule has 2 aliphatic rings. The van der Waals surface area contributed by atoms with Gasteiger partial charge in [0.05, 0.1) is 4.90 Å². The topological polar surface area (TPSA) is 77.2 Å². The third kappa shape index (κ3) is 2.40. The SMILES string of the molecule is CC1(C(N)=O)CCCC2(C)c3ccc(S(C)(=O)=O)cc3CCC12. The molecule has 0 aliphatic heterocycles. The van der Waals surface area contributed by atoms with Crippen molar-refractivity contribution in [3.8, 4) is 0 Å². The van der Waals surface area contributed by atoms with E-state index in [0.717, 1.165) is 37.7 Å². The highest BCUT2D eigenvalue weighted by Crippen LogP contribution is 2.57. The van der Waals surface area contributed by atoms with Crippen molar-refractivity contribution in [2.75, 3.05) is 6.26 Å². The Morgan fingerprint density at radius 1 is 1.26 bits per heavy atom. The van der Waals surface area contributed by atoms with E-state index in [0.29, 0.717) is 4.90 Å². The summed E-state index contributed by atoms with van der Waals surface area (Å²) in [6.45, 7) is 4.23. The van der Waals surface area contributed by atoms with Crippen LogP contribution in [-0.4, -0.2) is 20.6 Å². The van der Waals surface area contributed by atoms with Gasteiger partial charge in [0.2, 0.25) is 5.91 Å². The highest BCUT2D eigenvalue weighted by atomic mass is 32.2. The molecule has 0 bridgehead atoms. The molecule has 1 fully saturated rings. The molecule has 3 unspecified atom stereocenters. The Labute approximate surface area is 138 Å². The number of nitrogens with two attached hydrogens (primary N) is 1. The second-order valence-corrected chi connectivity index (χ2v) is 9.75. The number of carbonyl (C=O) groups is 1. The number of primary amides is 1. The first-order chi connectivity index (χ1) is 10.6. The van der Waals surface area contributed by atoms with Crippen molar-refractivity contribution in [3.63, 3.8) is 0 Å². The van der Waals surface area contributed by atoms with Crippen LogP contribution in [0.15, 0.2) is 23.1 Å². The fourth-order valence-electron chi connectivity index (χ4n) is 4.99. The van der Waals surface area contributed by atoms with Crippen LogP contribution in [0.25, 0.3) is 0 Å². The largest absolute Gasteiger partial charge is 0.369 e. The van der Waals surface area contributed by atoms with Crippen LogP contribution in [0.4, 0.5) is 0 Å². The van der Waals surface area contributed by atoms with Gasteiger partial charge < -0.3 is 5.73 Å². The van der Waals surface area contributed by atoms with Gasteiger partial charge in [0.15, 0.2) is 9.84 Å². The molecule has 0 radical (unpaired) electrons. The zero-order chi connectivity index (χ0) is 17.0. The molecule has 1 aromatic carbocycles. The van der Waals surface area contributed by atoms with Crippen LogP contribution in [0, 0.1) is 11.3 Å². The molecule has 0 heterocycles. The summed E-state index contributed by atoms with van der Waals surface area (Å²) in [7, 11) is -3.20. The lowest BCUT2D eigenvalue weighted by atomic mass is 9.49. The Balaban J connectivity index is 2.12. The summed E-state index contributed by atoms with van der Waals surface area (Å²) in [5, 5.41) is 0. The van der Waals surface area contributed by atoms with E-state index < -0.39 is 15.3 Å². The summed E-state index contributed by atoms with van der Waals surface area (Å²) >= 11 is 0. The molecular formula is C18H25NO3S. The first-order valence-electron chi connectivity index (χ1n) is 8.22. The molecule has 2 aliphatic carbocycles. The number of hydrogen-bond donors (Lipinski definition) is 1. The summed E-state index contributed by atoms with van der Waals surface area (Å²) in [5.41, 5.74) is 7.49. The zero-order valence-electron chi connectivity index (χ0n) is 14.1. The van der Waals surface area contributed by atoms with Crippen LogP contribution < -0.4 is 5.73 Å². The summed E-state index contributed by atoms with van der Waals surface area (Å²) in [6, 6.07) is 5.49. The number of aryl methyl sites for hydroxylation is 1. The van der Waals surface area contributed by atoms with Crippen LogP contribution in [0.1, 0.15) is 50.7 Å². The van der Waals surface area contributed by atoms with Crippen LogP contribution in [-0.2, 0) is 26.5 Å². The molecule has 5 heteroatoms. The normalized spacial score (nSPS) is 33.6. The Morgan fingerprint density at radius 3 is 2.57 bits per heavy atom. The van der Waals surface area contributed by atoms with Gasteiger partial charge >= 0.3 is 0 Å². The number of benzene rings is 1. The van der Waals surface area contributed by atoms with E-state index in [1.165, 1.54) is 11.8 Å². The number of fused-ring (bicyclic) bond motifs is 3. The van der Waals surface area contributed by atoms with Gasteiger partial charge in [0, 0.05) is 11.7 Å². The van der Waals surface area contributed by atoms with Gasteiger partial charge in [-0.1, -0.05) is 26.3 Å². The van der Waals surface area contributed by atoms with Gasteiger partial charge in [0.25, 0.3) is 0 Å². The quantitative estimate of drug-likeness (QED) is 0.902. The lowest BCUT2D eigenvalue weighted by Gasteiger charge is -2.54. The van der Waals surface area contributed by atoms with E-state index in [2.05, 4.69) is 6.92 Å². The van der Waals surface area contributed by atoms with Gasteiger partial charge in [0.1, 0.15) is 0 Å². The molecule has 1 aromatic rings. The van der Waals surface area contributed by atoms with Gasteiger partial charge in [-0.25, -0.2) is 8.42 Å². The molecule has 1 saturated carbocycles. The van der Waals surface area contributed by atoms with Crippen molar-refractivity contribution >= 4 is 15.7 Å². The molecule has 0 aromatic heterocycles. The van der Waals surface area contributed by atoms with Crippen LogP contribution in [0.2, 0.25) is 0 Å². The van der Waals surface area contributed by atoms with E-state index in [1.54, 1.807) is 6.07 Å². The van der Waals surface area contributed by atoms with Crippen molar-refractivity contribution in [2.24, 2.45) is 17.1 Å². The van der Waals surface area contributed by atoms with Crippen LogP contribution in [0.3, 0.4) is 0 Å². The minimum absolute atomic E-state index is 0.106. The molecule has 2 N–H and O–H groups in total. The van der Waals surface area contributed by atoms with Gasteiger partial charge in [-0.15, -0.1) is 0 Å². The maximum atomic E-state index is 12.1. The zero-order valence-corrected chi connectivity index (χ0v) is 14.9. The van der Waals surface area contributed by atoms with Crippen LogP contribution in [0.5, 0.6) is 0 Å². The van der Waals surface area contributed by atoms with E-state index in [1.807, 2.05) is 19.1 Å². The first-order valence-corrected chi connectivity index (χ1v) is 10.1. The number of amides is 1. The second kappa shape index (κ2) is 5.07. The molecule has 3 atom stereocenters. The van der Waals surface area contributed by atoms with E-state index >= 15 is 0 Å². The Hall–Kier alpha value is -1.36. The van der Waals surface area contributed by atoms with Crippen molar-refractivity contribution in [1.82, 2.24) is 0 Å². The van der Waals surface area contributed by atoms with E-state index in [-0.39, 0.29) is 17.2 Å². The fourth-order valence-corrected chi connectivity index (χ4v) is 5.66. The third-order valence-electron chi connectivity index (χ3n) is 6.32. The number of carbonyl (C=O) groups excluding carboxylic acids is 1. The highest BCUT2D eigenvalue weighted by molar-refractivity contribution is 7.90. The molecule has 4 nitrogen and oxygen atoms in total. The van der Waals surface area contributed by atoms with Gasteiger partial charge in [-0.05, 0) is 60.3 Å². The number of hydrogen-bond acceptors (Lipinski definition) is 3. The molecule has 3 rings (SSSR count). The van der Waals surface area contributed by atoms with Crippen molar-refractivity contribution in [1.29, 1.82) is 0 Å². The average molecular weight is 335 g/mol. The Kier molecular flexibility index (Phi) is 3.63. The summed E-state index contributed by atoms with van der Waals surface area (Å²) in [5.74, 6) is 0.0162. The predicted octanol–water partition coefficient (Wildman–Crippen LogP) is 2.59. The standard InChI is InChI=1S/C18H25NO3S/c1-17-9-4-10-18(2,16(19)20)15(17)8-5-12-11-13(23(3,21)22)6-7-14(12)17/h6-7,11,15H,4-5,8-10H2,1-3H3,(H2,19,20). The second-order valence-electron chi connectivity index (χ2n) is 7.74. The summed E-state index contributed by atoms with van der Waals surface area (Å²) < 4.78 is 23.6. The average Bonchev–Trinajstić information content (AvgIpc) is 2.45. The first kappa shape index (κ1) is 16.5. The van der Waals surface area contributed by atoms with Crippen molar-refractivity contribution in [3.05, 3.63) is 29.3 Å². The minimum atomic E-state index is -3.20. The molecule has 1 amide bonds. The molecule has 0 saturated heterocycles. The maximum absolute atomic E-state index is 12.1. The monoisotopic (exact) mass is 335 g/mol. The Morgan fingerprint density at radius 2 is 1.96 bits per heavy atom.